The second-order valence-corrected chi connectivity index (χ2v) is 2.43. The molecule has 0 aliphatic heterocycles. The monoisotopic (exact) mass is 154 g/mol. The SMILES string of the molecule is CC(C)=C/C=C(\C=N\O)CN. The van der Waals surface area contributed by atoms with Gasteiger partial charge in [-0.15, -0.1) is 0 Å². The summed E-state index contributed by atoms with van der Waals surface area (Å²) in [6, 6.07) is 0. The van der Waals surface area contributed by atoms with Crippen molar-refractivity contribution in [1.29, 1.82) is 0 Å². The molecule has 0 aromatic heterocycles. The first-order valence-corrected chi connectivity index (χ1v) is 3.42. The normalized spacial score (nSPS) is 12.1. The Hall–Kier alpha value is -1.09. The smallest absolute Gasteiger partial charge is 0.0706 e. The average molecular weight is 154 g/mol. The van der Waals surface area contributed by atoms with Crippen LogP contribution in [0.2, 0.25) is 0 Å². The Morgan fingerprint density at radius 3 is 2.45 bits per heavy atom. The van der Waals surface area contributed by atoms with Crippen molar-refractivity contribution >= 4 is 6.21 Å². The highest BCUT2D eigenvalue weighted by Crippen LogP contribution is 1.93. The molecule has 3 nitrogen and oxygen atoms in total. The molecule has 0 heterocycles. The van der Waals surface area contributed by atoms with Crippen LogP contribution in [0.4, 0.5) is 0 Å². The minimum atomic E-state index is 0.383. The molecule has 3 heteroatoms. The Kier molecular flexibility index (Phi) is 5.11. The summed E-state index contributed by atoms with van der Waals surface area (Å²) in [6.45, 7) is 4.36. The van der Waals surface area contributed by atoms with Crippen LogP contribution in [0.25, 0.3) is 0 Å². The highest BCUT2D eigenvalue weighted by molar-refractivity contribution is 5.78. The first kappa shape index (κ1) is 9.91. The minimum absolute atomic E-state index is 0.383. The van der Waals surface area contributed by atoms with E-state index >= 15 is 0 Å². The Labute approximate surface area is 66.9 Å². The fourth-order valence-electron chi connectivity index (χ4n) is 0.512. The van der Waals surface area contributed by atoms with Gasteiger partial charge in [0.05, 0.1) is 6.21 Å². The maximum absolute atomic E-state index is 8.19. The van der Waals surface area contributed by atoms with Crippen molar-refractivity contribution in [3.63, 3.8) is 0 Å². The first-order valence-electron chi connectivity index (χ1n) is 3.42. The predicted octanol–water partition coefficient (Wildman–Crippen LogP) is 1.30. The molecule has 0 bridgehead atoms. The van der Waals surface area contributed by atoms with E-state index < -0.39 is 0 Å². The Morgan fingerprint density at radius 2 is 2.09 bits per heavy atom. The summed E-state index contributed by atoms with van der Waals surface area (Å²) in [5.74, 6) is 0. The number of rotatable bonds is 3. The summed E-state index contributed by atoms with van der Waals surface area (Å²) in [6.07, 6.45) is 5.08. The molecule has 3 N–H and O–H groups in total. The van der Waals surface area contributed by atoms with E-state index in [2.05, 4.69) is 5.16 Å². The van der Waals surface area contributed by atoms with Crippen molar-refractivity contribution in [3.05, 3.63) is 23.3 Å². The lowest BCUT2D eigenvalue weighted by atomic mass is 10.2. The number of nitrogens with zero attached hydrogens (tertiary/aromatic N) is 1. The number of hydrogen-bond donors (Lipinski definition) is 2. The van der Waals surface area contributed by atoms with E-state index in [-0.39, 0.29) is 0 Å². The molecule has 0 rings (SSSR count). The van der Waals surface area contributed by atoms with Gasteiger partial charge in [0.2, 0.25) is 0 Å². The molecule has 0 saturated carbocycles. The maximum atomic E-state index is 8.19. The maximum Gasteiger partial charge on any atom is 0.0706 e. The third-order valence-electron chi connectivity index (χ3n) is 1.09. The van der Waals surface area contributed by atoms with Crippen LogP contribution in [0, 0.1) is 0 Å². The molecule has 0 aromatic rings. The molecule has 0 aromatic carbocycles. The van der Waals surface area contributed by atoms with Crippen molar-refractivity contribution in [2.75, 3.05) is 6.54 Å². The van der Waals surface area contributed by atoms with Crippen molar-refractivity contribution in [2.45, 2.75) is 13.8 Å². The first-order chi connectivity index (χ1) is 5.20. The predicted molar refractivity (Wildman–Crippen MR) is 46.8 cm³/mol. The van der Waals surface area contributed by atoms with Crippen LogP contribution >= 0.6 is 0 Å². The summed E-state index contributed by atoms with van der Waals surface area (Å²) in [4.78, 5) is 0. The zero-order chi connectivity index (χ0) is 8.69. The molecule has 0 fully saturated rings. The van der Waals surface area contributed by atoms with Crippen LogP contribution in [0.1, 0.15) is 13.8 Å². The van der Waals surface area contributed by atoms with Crippen LogP contribution < -0.4 is 5.73 Å². The zero-order valence-corrected chi connectivity index (χ0v) is 6.91. The molecule has 0 aliphatic carbocycles. The lowest BCUT2D eigenvalue weighted by molar-refractivity contribution is 0.321. The molecule has 0 aliphatic rings. The van der Waals surface area contributed by atoms with Gasteiger partial charge in [-0.05, 0) is 19.4 Å². The van der Waals surface area contributed by atoms with Gasteiger partial charge in [0, 0.05) is 6.54 Å². The molecular weight excluding hydrogens is 140 g/mol. The van der Waals surface area contributed by atoms with Gasteiger partial charge in [-0.1, -0.05) is 22.9 Å². The molecule has 0 saturated heterocycles. The van der Waals surface area contributed by atoms with Gasteiger partial charge >= 0.3 is 0 Å². The molecule has 0 radical (unpaired) electrons. The average Bonchev–Trinajstić information content (AvgIpc) is 1.97. The zero-order valence-electron chi connectivity index (χ0n) is 6.91. The van der Waals surface area contributed by atoms with E-state index in [1.165, 1.54) is 11.8 Å². The standard InChI is InChI=1S/C8H14N2O/c1-7(2)3-4-8(5-9)6-10-11/h3-4,6,11H,5,9H2,1-2H3/b8-4-,10-6+. The largest absolute Gasteiger partial charge is 0.411 e. The van der Waals surface area contributed by atoms with Gasteiger partial charge in [0.15, 0.2) is 0 Å². The fraction of sp³-hybridized carbons (Fsp3) is 0.375. The second-order valence-electron chi connectivity index (χ2n) is 2.43. The van der Waals surface area contributed by atoms with E-state index in [9.17, 15) is 0 Å². The molecule has 0 atom stereocenters. The van der Waals surface area contributed by atoms with Gasteiger partial charge in [-0.3, -0.25) is 0 Å². The minimum Gasteiger partial charge on any atom is -0.411 e. The van der Waals surface area contributed by atoms with Crippen LogP contribution in [0.5, 0.6) is 0 Å². The van der Waals surface area contributed by atoms with Gasteiger partial charge in [0.1, 0.15) is 0 Å². The van der Waals surface area contributed by atoms with Crippen LogP contribution in [-0.4, -0.2) is 18.0 Å². The van der Waals surface area contributed by atoms with Gasteiger partial charge < -0.3 is 10.9 Å². The topological polar surface area (TPSA) is 58.6 Å². The molecule has 0 spiro atoms. The van der Waals surface area contributed by atoms with Crippen molar-refractivity contribution < 1.29 is 5.21 Å². The van der Waals surface area contributed by atoms with Gasteiger partial charge in [-0.25, -0.2) is 0 Å². The van der Waals surface area contributed by atoms with E-state index in [0.717, 1.165) is 5.57 Å². The Balaban J connectivity index is 4.24. The van der Waals surface area contributed by atoms with Gasteiger partial charge in [0.25, 0.3) is 0 Å². The Bertz CT molecular complexity index is 188. The van der Waals surface area contributed by atoms with Crippen LogP contribution in [0.3, 0.4) is 0 Å². The van der Waals surface area contributed by atoms with Crippen molar-refractivity contribution in [3.8, 4) is 0 Å². The number of nitrogens with two attached hydrogens (primary N) is 1. The lowest BCUT2D eigenvalue weighted by Crippen LogP contribution is -2.03. The lowest BCUT2D eigenvalue weighted by Gasteiger charge is -1.91. The highest BCUT2D eigenvalue weighted by atomic mass is 16.4. The summed E-state index contributed by atoms with van der Waals surface area (Å²) in [5.41, 5.74) is 7.33. The van der Waals surface area contributed by atoms with Crippen LogP contribution in [-0.2, 0) is 0 Å². The summed E-state index contributed by atoms with van der Waals surface area (Å²) in [7, 11) is 0. The molecule has 11 heavy (non-hydrogen) atoms. The third kappa shape index (κ3) is 5.36. The second kappa shape index (κ2) is 5.68. The number of hydrogen-bond acceptors (Lipinski definition) is 3. The molecule has 0 amide bonds. The van der Waals surface area contributed by atoms with Gasteiger partial charge in [-0.2, -0.15) is 0 Å². The molecular formula is C8H14N2O. The summed E-state index contributed by atoms with van der Waals surface area (Å²) < 4.78 is 0. The Morgan fingerprint density at radius 1 is 1.45 bits per heavy atom. The fourth-order valence-corrected chi connectivity index (χ4v) is 0.512. The summed E-state index contributed by atoms with van der Waals surface area (Å²) in [5, 5.41) is 11.1. The van der Waals surface area contributed by atoms with Crippen molar-refractivity contribution in [1.82, 2.24) is 0 Å². The van der Waals surface area contributed by atoms with E-state index in [1.807, 2.05) is 26.0 Å². The molecule has 62 valence electrons. The van der Waals surface area contributed by atoms with Crippen LogP contribution in [0.15, 0.2) is 28.5 Å². The third-order valence-corrected chi connectivity index (χ3v) is 1.09. The van der Waals surface area contributed by atoms with Crippen molar-refractivity contribution in [2.24, 2.45) is 10.9 Å². The molecule has 0 unspecified atom stereocenters. The van der Waals surface area contributed by atoms with E-state index in [1.54, 1.807) is 0 Å². The number of oxime groups is 1. The highest BCUT2D eigenvalue weighted by Gasteiger charge is 1.85. The van der Waals surface area contributed by atoms with E-state index in [0.29, 0.717) is 6.54 Å². The quantitative estimate of drug-likeness (QED) is 0.278. The van der Waals surface area contributed by atoms with E-state index in [4.69, 9.17) is 10.9 Å². The number of allylic oxidation sites excluding steroid dienone is 3. The summed E-state index contributed by atoms with van der Waals surface area (Å²) >= 11 is 0.